The minimum absolute atomic E-state index is 0.0623. The van der Waals surface area contributed by atoms with Gasteiger partial charge in [-0.3, -0.25) is 14.9 Å². The molecule has 0 saturated carbocycles. The van der Waals surface area contributed by atoms with E-state index < -0.39 is 4.92 Å². The maximum atomic E-state index is 12.1. The SMILES string of the molecule is CCC(C)(C)c1nnc(NC(=O)Cc2ccccc2[N+](=O)[O-])s1. The number of nitro benzene ring substituents is 1. The van der Waals surface area contributed by atoms with Crippen LogP contribution in [0.1, 0.15) is 37.8 Å². The molecule has 0 aliphatic rings. The number of aromatic nitrogens is 2. The predicted molar refractivity (Wildman–Crippen MR) is 88.7 cm³/mol. The van der Waals surface area contributed by atoms with Gasteiger partial charge >= 0.3 is 0 Å². The third-order valence-corrected chi connectivity index (χ3v) is 4.88. The van der Waals surface area contributed by atoms with E-state index in [1.165, 1.54) is 17.4 Å². The lowest BCUT2D eigenvalue weighted by molar-refractivity contribution is -0.385. The molecule has 0 spiro atoms. The smallest absolute Gasteiger partial charge is 0.273 e. The Morgan fingerprint density at radius 1 is 1.35 bits per heavy atom. The number of carbonyl (C=O) groups excluding carboxylic acids is 1. The zero-order valence-corrected chi connectivity index (χ0v) is 14.0. The molecule has 8 heteroatoms. The van der Waals surface area contributed by atoms with E-state index in [0.29, 0.717) is 10.7 Å². The topological polar surface area (TPSA) is 98.0 Å². The molecule has 0 unspecified atom stereocenters. The zero-order chi connectivity index (χ0) is 17.0. The first kappa shape index (κ1) is 17.0. The summed E-state index contributed by atoms with van der Waals surface area (Å²) in [5.41, 5.74) is 0.208. The Morgan fingerprint density at radius 3 is 2.70 bits per heavy atom. The Hall–Kier alpha value is -2.35. The predicted octanol–water partition coefficient (Wildman–Crippen LogP) is 3.32. The molecule has 1 amide bonds. The van der Waals surface area contributed by atoms with E-state index in [4.69, 9.17) is 0 Å². The molecule has 2 rings (SSSR count). The van der Waals surface area contributed by atoms with E-state index in [1.54, 1.807) is 18.2 Å². The third kappa shape index (κ3) is 4.10. The minimum atomic E-state index is -0.491. The normalized spacial score (nSPS) is 11.3. The first-order valence-electron chi connectivity index (χ1n) is 7.19. The molecule has 0 atom stereocenters. The molecule has 1 N–H and O–H groups in total. The molecule has 0 bridgehead atoms. The minimum Gasteiger partial charge on any atom is -0.300 e. The van der Waals surface area contributed by atoms with Gasteiger partial charge in [0.15, 0.2) is 0 Å². The van der Waals surface area contributed by atoms with Gasteiger partial charge in [0.1, 0.15) is 5.01 Å². The van der Waals surface area contributed by atoms with Crippen molar-refractivity contribution in [2.75, 3.05) is 5.32 Å². The molecular formula is C15H18N4O3S. The Labute approximate surface area is 137 Å². The van der Waals surface area contributed by atoms with Crippen LogP contribution in [0.2, 0.25) is 0 Å². The van der Waals surface area contributed by atoms with Crippen LogP contribution in [0.25, 0.3) is 0 Å². The molecular weight excluding hydrogens is 316 g/mol. The molecule has 0 aliphatic heterocycles. The van der Waals surface area contributed by atoms with E-state index in [0.717, 1.165) is 11.4 Å². The van der Waals surface area contributed by atoms with Crippen molar-refractivity contribution in [2.24, 2.45) is 0 Å². The third-order valence-electron chi connectivity index (χ3n) is 3.67. The second-order valence-corrected chi connectivity index (χ2v) is 6.74. The van der Waals surface area contributed by atoms with Gasteiger partial charge in [0.2, 0.25) is 11.0 Å². The van der Waals surface area contributed by atoms with Crippen LogP contribution in [0, 0.1) is 10.1 Å². The molecule has 0 saturated heterocycles. The molecule has 122 valence electrons. The van der Waals surface area contributed by atoms with E-state index in [-0.39, 0.29) is 23.4 Å². The zero-order valence-electron chi connectivity index (χ0n) is 13.2. The van der Waals surface area contributed by atoms with Crippen molar-refractivity contribution in [1.29, 1.82) is 0 Å². The molecule has 1 aromatic heterocycles. The average molecular weight is 334 g/mol. The highest BCUT2D eigenvalue weighted by atomic mass is 32.1. The van der Waals surface area contributed by atoms with Crippen LogP contribution in [0.15, 0.2) is 24.3 Å². The second kappa shape index (κ2) is 6.82. The fourth-order valence-corrected chi connectivity index (χ4v) is 2.81. The van der Waals surface area contributed by atoms with Crippen LogP contribution in [-0.2, 0) is 16.6 Å². The van der Waals surface area contributed by atoms with Gasteiger partial charge in [-0.05, 0) is 6.42 Å². The van der Waals surface area contributed by atoms with Gasteiger partial charge in [-0.1, -0.05) is 50.3 Å². The van der Waals surface area contributed by atoms with Crippen LogP contribution < -0.4 is 5.32 Å². The first-order chi connectivity index (χ1) is 10.8. The van der Waals surface area contributed by atoms with Gasteiger partial charge < -0.3 is 5.32 Å². The van der Waals surface area contributed by atoms with Gasteiger partial charge in [-0.15, -0.1) is 10.2 Å². The number of anilines is 1. The number of hydrogen-bond donors (Lipinski definition) is 1. The quantitative estimate of drug-likeness (QED) is 0.645. The van der Waals surface area contributed by atoms with Crippen molar-refractivity contribution in [1.82, 2.24) is 10.2 Å². The van der Waals surface area contributed by atoms with Crippen molar-refractivity contribution < 1.29 is 9.72 Å². The summed E-state index contributed by atoms with van der Waals surface area (Å²) >= 11 is 1.33. The summed E-state index contributed by atoms with van der Waals surface area (Å²) in [4.78, 5) is 22.6. The van der Waals surface area contributed by atoms with Gasteiger partial charge in [0.25, 0.3) is 5.69 Å². The Morgan fingerprint density at radius 2 is 2.04 bits per heavy atom. The van der Waals surface area contributed by atoms with E-state index in [1.807, 2.05) is 0 Å². The van der Waals surface area contributed by atoms with Crippen LogP contribution >= 0.6 is 11.3 Å². The molecule has 1 aromatic carbocycles. The summed E-state index contributed by atoms with van der Waals surface area (Å²) in [5, 5.41) is 23.0. The second-order valence-electron chi connectivity index (χ2n) is 5.76. The van der Waals surface area contributed by atoms with Gasteiger partial charge in [0, 0.05) is 17.0 Å². The molecule has 7 nitrogen and oxygen atoms in total. The van der Waals surface area contributed by atoms with Gasteiger partial charge in [-0.25, -0.2) is 0 Å². The standard InChI is InChI=1S/C15H18N4O3S/c1-4-15(2,3)13-17-18-14(23-13)16-12(20)9-10-7-5-6-8-11(10)19(21)22/h5-8H,4,9H2,1-3H3,(H,16,18,20). The highest BCUT2D eigenvalue weighted by Crippen LogP contribution is 2.31. The Bertz CT molecular complexity index is 727. The van der Waals surface area contributed by atoms with Crippen LogP contribution in [0.5, 0.6) is 0 Å². The number of rotatable bonds is 6. The number of nitrogens with zero attached hydrogens (tertiary/aromatic N) is 3. The van der Waals surface area contributed by atoms with E-state index in [9.17, 15) is 14.9 Å². The fraction of sp³-hybridized carbons (Fsp3) is 0.400. The highest BCUT2D eigenvalue weighted by molar-refractivity contribution is 7.15. The molecule has 2 aromatic rings. The monoisotopic (exact) mass is 334 g/mol. The number of carbonyl (C=O) groups is 1. The summed E-state index contributed by atoms with van der Waals surface area (Å²) in [6, 6.07) is 6.20. The molecule has 0 radical (unpaired) electrons. The van der Waals surface area contributed by atoms with Crippen LogP contribution in [0.4, 0.5) is 10.8 Å². The largest absolute Gasteiger partial charge is 0.300 e. The lowest BCUT2D eigenvalue weighted by atomic mass is 9.91. The highest BCUT2D eigenvalue weighted by Gasteiger charge is 2.24. The van der Waals surface area contributed by atoms with Gasteiger partial charge in [0.05, 0.1) is 11.3 Å². The number of nitrogens with one attached hydrogen (secondary N) is 1. The molecule has 23 heavy (non-hydrogen) atoms. The van der Waals surface area contributed by atoms with Crippen LogP contribution in [0.3, 0.4) is 0 Å². The summed E-state index contributed by atoms with van der Waals surface area (Å²) in [6.07, 6.45) is 0.828. The Kier molecular flexibility index (Phi) is 5.05. The lowest BCUT2D eigenvalue weighted by Crippen LogP contribution is -2.15. The number of benzene rings is 1. The molecule has 0 fully saturated rings. The summed E-state index contributed by atoms with van der Waals surface area (Å²) in [5.74, 6) is -0.351. The van der Waals surface area contributed by atoms with Crippen molar-refractivity contribution in [3.05, 3.63) is 45.0 Å². The van der Waals surface area contributed by atoms with Crippen molar-refractivity contribution in [2.45, 2.75) is 39.0 Å². The maximum absolute atomic E-state index is 12.1. The summed E-state index contributed by atoms with van der Waals surface area (Å²) < 4.78 is 0. The van der Waals surface area contributed by atoms with E-state index >= 15 is 0 Å². The lowest BCUT2D eigenvalue weighted by Gasteiger charge is -2.17. The fourth-order valence-electron chi connectivity index (χ4n) is 1.87. The van der Waals surface area contributed by atoms with Crippen molar-refractivity contribution in [3.63, 3.8) is 0 Å². The van der Waals surface area contributed by atoms with E-state index in [2.05, 4.69) is 36.3 Å². The number of hydrogen-bond acceptors (Lipinski definition) is 6. The summed E-state index contributed by atoms with van der Waals surface area (Å²) in [6.45, 7) is 6.19. The summed E-state index contributed by atoms with van der Waals surface area (Å²) in [7, 11) is 0. The number of amides is 1. The van der Waals surface area contributed by atoms with Crippen molar-refractivity contribution >= 4 is 28.1 Å². The Balaban J connectivity index is 2.08. The van der Waals surface area contributed by atoms with Crippen LogP contribution in [-0.4, -0.2) is 21.0 Å². The maximum Gasteiger partial charge on any atom is 0.273 e. The first-order valence-corrected chi connectivity index (χ1v) is 8.01. The molecule has 0 aliphatic carbocycles. The molecule has 1 heterocycles. The van der Waals surface area contributed by atoms with Crippen molar-refractivity contribution in [3.8, 4) is 0 Å². The number of para-hydroxylation sites is 1. The van der Waals surface area contributed by atoms with Gasteiger partial charge in [-0.2, -0.15) is 0 Å². The number of nitro groups is 1. The average Bonchev–Trinajstić information content (AvgIpc) is 2.96.